The second kappa shape index (κ2) is 11.9. The van der Waals surface area contributed by atoms with Gasteiger partial charge in [0.05, 0.1) is 11.6 Å². The average molecular weight is 548 g/mol. The number of carbonyl (C=O) groups excluding carboxylic acids is 2. The van der Waals surface area contributed by atoms with Crippen molar-refractivity contribution < 1.29 is 14.0 Å². The van der Waals surface area contributed by atoms with Crippen molar-refractivity contribution in [3.8, 4) is 6.07 Å². The number of fused-ring (bicyclic) bond motifs is 1. The van der Waals surface area contributed by atoms with Crippen LogP contribution in [0, 0.1) is 11.3 Å². The normalized spacial score (nSPS) is 16.0. The number of hydrogen-bond acceptors (Lipinski definition) is 6. The maximum atomic E-state index is 13.0. The Morgan fingerprint density at radius 3 is 2.32 bits per heavy atom. The van der Waals surface area contributed by atoms with Crippen LogP contribution in [-0.2, 0) is 6.54 Å². The lowest BCUT2D eigenvalue weighted by atomic mass is 10.0. The molecule has 0 aliphatic carbocycles. The molecule has 208 valence electrons. The van der Waals surface area contributed by atoms with E-state index in [0.29, 0.717) is 22.4 Å². The predicted molar refractivity (Wildman–Crippen MR) is 159 cm³/mol. The van der Waals surface area contributed by atoms with E-state index in [4.69, 9.17) is 9.68 Å². The molecule has 41 heavy (non-hydrogen) atoms. The minimum Gasteiger partial charge on any atom is -0.451 e. The number of amides is 2. The summed E-state index contributed by atoms with van der Waals surface area (Å²) in [5, 5.41) is 15.8. The van der Waals surface area contributed by atoms with E-state index in [0.717, 1.165) is 56.6 Å². The summed E-state index contributed by atoms with van der Waals surface area (Å²) in [5.74, 6) is -0.138. The van der Waals surface area contributed by atoms with Gasteiger partial charge in [-0.25, -0.2) is 0 Å². The second-order valence-electron chi connectivity index (χ2n) is 10.9. The molecule has 2 amide bonds. The van der Waals surface area contributed by atoms with Crippen molar-refractivity contribution >= 4 is 34.2 Å². The fourth-order valence-electron chi connectivity index (χ4n) is 5.67. The highest BCUT2D eigenvalue weighted by Gasteiger charge is 2.23. The van der Waals surface area contributed by atoms with E-state index in [1.54, 1.807) is 18.2 Å². The Morgan fingerprint density at radius 1 is 0.878 bits per heavy atom. The van der Waals surface area contributed by atoms with Gasteiger partial charge in [0, 0.05) is 61.1 Å². The summed E-state index contributed by atoms with van der Waals surface area (Å²) in [6.45, 7) is 4.73. The number of nitrogens with one attached hydrogen (secondary N) is 2. The molecule has 0 unspecified atom stereocenters. The van der Waals surface area contributed by atoms with Gasteiger partial charge in [0.25, 0.3) is 11.8 Å². The Kier molecular flexibility index (Phi) is 7.70. The summed E-state index contributed by atoms with van der Waals surface area (Å²) < 4.78 is 5.83. The van der Waals surface area contributed by atoms with E-state index in [-0.39, 0.29) is 23.6 Å². The molecular formula is C33H33N5O3. The number of nitrogens with zero attached hydrogens (tertiary/aromatic N) is 3. The van der Waals surface area contributed by atoms with E-state index in [1.165, 1.54) is 18.4 Å². The smallest absolute Gasteiger partial charge is 0.287 e. The van der Waals surface area contributed by atoms with Crippen LogP contribution in [0.3, 0.4) is 0 Å². The van der Waals surface area contributed by atoms with Gasteiger partial charge in [-0.3, -0.25) is 14.5 Å². The molecule has 2 aliphatic rings. The van der Waals surface area contributed by atoms with Crippen LogP contribution in [0.25, 0.3) is 11.0 Å². The lowest BCUT2D eigenvalue weighted by Gasteiger charge is -2.32. The van der Waals surface area contributed by atoms with Gasteiger partial charge in [-0.15, -0.1) is 0 Å². The third-order valence-electron chi connectivity index (χ3n) is 8.01. The average Bonchev–Trinajstić information content (AvgIpc) is 3.69. The molecule has 8 nitrogen and oxygen atoms in total. The van der Waals surface area contributed by atoms with Crippen molar-refractivity contribution in [1.82, 2.24) is 10.2 Å². The van der Waals surface area contributed by atoms with Crippen molar-refractivity contribution in [2.24, 2.45) is 0 Å². The molecule has 3 heterocycles. The van der Waals surface area contributed by atoms with E-state index >= 15 is 0 Å². The third-order valence-corrected chi connectivity index (χ3v) is 8.01. The molecule has 0 saturated carbocycles. The largest absolute Gasteiger partial charge is 0.451 e. The minimum absolute atomic E-state index is 0.0830. The van der Waals surface area contributed by atoms with Gasteiger partial charge in [-0.05, 0) is 91.9 Å². The summed E-state index contributed by atoms with van der Waals surface area (Å²) in [4.78, 5) is 30.5. The fourth-order valence-corrected chi connectivity index (χ4v) is 5.67. The number of carbonyl (C=O) groups is 2. The summed E-state index contributed by atoms with van der Waals surface area (Å²) >= 11 is 0. The Labute approximate surface area is 239 Å². The van der Waals surface area contributed by atoms with Crippen LogP contribution in [0.1, 0.15) is 57.7 Å². The van der Waals surface area contributed by atoms with Gasteiger partial charge in [-0.1, -0.05) is 12.1 Å². The lowest BCUT2D eigenvalue weighted by Crippen LogP contribution is -2.44. The highest BCUT2D eigenvalue weighted by molar-refractivity contribution is 6.05. The molecule has 2 saturated heterocycles. The highest BCUT2D eigenvalue weighted by atomic mass is 16.3. The van der Waals surface area contributed by atoms with E-state index in [2.05, 4.69) is 26.5 Å². The van der Waals surface area contributed by atoms with Crippen LogP contribution in [0.5, 0.6) is 0 Å². The van der Waals surface area contributed by atoms with E-state index in [9.17, 15) is 9.59 Å². The quantitative estimate of drug-likeness (QED) is 0.315. The first kappa shape index (κ1) is 26.6. The topological polar surface area (TPSA) is 102 Å². The molecule has 0 radical (unpaired) electrons. The van der Waals surface area contributed by atoms with Gasteiger partial charge >= 0.3 is 0 Å². The molecular weight excluding hydrogens is 514 g/mol. The summed E-state index contributed by atoms with van der Waals surface area (Å²) in [6, 6.07) is 24.8. The van der Waals surface area contributed by atoms with E-state index < -0.39 is 0 Å². The van der Waals surface area contributed by atoms with Gasteiger partial charge in [0.2, 0.25) is 0 Å². The predicted octanol–water partition coefficient (Wildman–Crippen LogP) is 5.55. The molecule has 3 aromatic carbocycles. The number of benzene rings is 3. The molecule has 0 bridgehead atoms. The molecule has 0 atom stereocenters. The van der Waals surface area contributed by atoms with Crippen LogP contribution < -0.4 is 15.5 Å². The minimum atomic E-state index is -0.226. The van der Waals surface area contributed by atoms with Gasteiger partial charge in [0.15, 0.2) is 5.76 Å². The maximum Gasteiger partial charge on any atom is 0.287 e. The second-order valence-corrected chi connectivity index (χ2v) is 10.9. The number of nitriles is 1. The van der Waals surface area contributed by atoms with Crippen molar-refractivity contribution in [1.29, 1.82) is 5.26 Å². The molecule has 2 N–H and O–H groups in total. The van der Waals surface area contributed by atoms with Crippen molar-refractivity contribution in [3.05, 3.63) is 95.2 Å². The Balaban J connectivity index is 1.02. The summed E-state index contributed by atoms with van der Waals surface area (Å²) in [7, 11) is 0. The molecule has 1 aromatic heterocycles. The molecule has 0 spiro atoms. The standard InChI is InChI=1S/C33H33N5O3/c34-21-23-3-5-24(6-4-23)22-37-17-13-27(14-18-37)35-33(40)31-20-26-19-28(9-12-30(26)41-31)36-32(39)25-7-10-29(11-8-25)38-15-1-2-16-38/h3-12,19-20,27H,1-2,13-18,22H2,(H,35,40)(H,36,39). The van der Waals surface area contributed by atoms with Crippen LogP contribution in [0.15, 0.2) is 77.2 Å². The number of likely N-dealkylation sites (tertiary alicyclic amines) is 1. The van der Waals surface area contributed by atoms with Gasteiger partial charge in [-0.2, -0.15) is 5.26 Å². The zero-order valence-electron chi connectivity index (χ0n) is 22.9. The first-order valence-electron chi connectivity index (χ1n) is 14.3. The highest BCUT2D eigenvalue weighted by Crippen LogP contribution is 2.25. The number of rotatable bonds is 7. The van der Waals surface area contributed by atoms with Crippen LogP contribution in [0.4, 0.5) is 11.4 Å². The lowest BCUT2D eigenvalue weighted by molar-refractivity contribution is 0.0883. The third kappa shape index (κ3) is 6.26. The van der Waals surface area contributed by atoms with Crippen molar-refractivity contribution in [3.63, 3.8) is 0 Å². The first-order chi connectivity index (χ1) is 20.0. The van der Waals surface area contributed by atoms with Gasteiger partial charge in [0.1, 0.15) is 5.58 Å². The van der Waals surface area contributed by atoms with Crippen molar-refractivity contribution in [2.45, 2.75) is 38.3 Å². The van der Waals surface area contributed by atoms with E-state index in [1.807, 2.05) is 54.6 Å². The Bertz CT molecular complexity index is 1570. The van der Waals surface area contributed by atoms with Crippen molar-refractivity contribution in [2.75, 3.05) is 36.4 Å². The Morgan fingerprint density at radius 2 is 1.61 bits per heavy atom. The fraction of sp³-hybridized carbons (Fsp3) is 0.303. The molecule has 2 fully saturated rings. The monoisotopic (exact) mass is 547 g/mol. The number of anilines is 2. The molecule has 6 rings (SSSR count). The molecule has 2 aliphatic heterocycles. The number of furan rings is 1. The zero-order valence-corrected chi connectivity index (χ0v) is 22.9. The summed E-state index contributed by atoms with van der Waals surface area (Å²) in [6.07, 6.45) is 4.14. The van der Waals surface area contributed by atoms with Crippen LogP contribution in [-0.4, -0.2) is 48.9 Å². The number of piperidine rings is 1. The van der Waals surface area contributed by atoms with Gasteiger partial charge < -0.3 is 20.0 Å². The first-order valence-corrected chi connectivity index (χ1v) is 14.3. The molecule has 4 aromatic rings. The number of hydrogen-bond donors (Lipinski definition) is 2. The maximum absolute atomic E-state index is 13.0. The molecule has 8 heteroatoms. The zero-order chi connectivity index (χ0) is 28.2. The Hall–Kier alpha value is -4.61. The SMILES string of the molecule is N#Cc1ccc(CN2CCC(NC(=O)c3cc4cc(NC(=O)c5ccc(N6CCCC6)cc5)ccc4o3)CC2)cc1. The van der Waals surface area contributed by atoms with Crippen LogP contribution in [0.2, 0.25) is 0 Å². The summed E-state index contributed by atoms with van der Waals surface area (Å²) in [5.41, 5.74) is 4.84. The van der Waals surface area contributed by atoms with Crippen LogP contribution >= 0.6 is 0 Å².